The summed E-state index contributed by atoms with van der Waals surface area (Å²) in [5, 5.41) is 14.3. The third-order valence-corrected chi connectivity index (χ3v) is 4.81. The molecule has 1 fully saturated rings. The van der Waals surface area contributed by atoms with Crippen molar-refractivity contribution >= 4 is 0 Å². The highest BCUT2D eigenvalue weighted by molar-refractivity contribution is 5.35. The highest BCUT2D eigenvalue weighted by Crippen LogP contribution is 2.33. The summed E-state index contributed by atoms with van der Waals surface area (Å²) in [6, 6.07) is 8.36. The van der Waals surface area contributed by atoms with E-state index < -0.39 is 5.60 Å². The second kappa shape index (κ2) is 7.28. The van der Waals surface area contributed by atoms with E-state index in [0.717, 1.165) is 43.8 Å². The van der Waals surface area contributed by atoms with E-state index in [-0.39, 0.29) is 6.04 Å². The molecule has 1 saturated carbocycles. The Labute approximate surface area is 128 Å². The summed E-state index contributed by atoms with van der Waals surface area (Å²) in [5.74, 6) is 1.67. The summed E-state index contributed by atoms with van der Waals surface area (Å²) in [5.41, 5.74) is 0.636. The van der Waals surface area contributed by atoms with Gasteiger partial charge in [-0.25, -0.2) is 0 Å². The van der Waals surface area contributed by atoms with Crippen LogP contribution in [0.5, 0.6) is 5.75 Å². The van der Waals surface area contributed by atoms with Crippen molar-refractivity contribution < 1.29 is 9.84 Å². The van der Waals surface area contributed by atoms with E-state index in [1.165, 1.54) is 5.56 Å². The van der Waals surface area contributed by atoms with Crippen molar-refractivity contribution in [3.8, 4) is 5.75 Å². The van der Waals surface area contributed by atoms with E-state index in [4.69, 9.17) is 4.74 Å². The standard InChI is InChI=1S/C18H29NO2/c1-4-16(15-7-5-6-8-17(15)21-3)19-13-18(20)11-9-14(2)10-12-18/h5-8,14,16,19-20H,4,9-13H2,1-3H3. The maximum atomic E-state index is 10.7. The zero-order valence-electron chi connectivity index (χ0n) is 13.6. The van der Waals surface area contributed by atoms with E-state index in [0.29, 0.717) is 6.54 Å². The number of aliphatic hydroxyl groups is 1. The summed E-state index contributed by atoms with van der Waals surface area (Å²) in [6.45, 7) is 5.10. The second-order valence-electron chi connectivity index (χ2n) is 6.49. The van der Waals surface area contributed by atoms with Crippen LogP contribution >= 0.6 is 0 Å². The van der Waals surface area contributed by atoms with Crippen LogP contribution in [0.2, 0.25) is 0 Å². The Balaban J connectivity index is 1.99. The van der Waals surface area contributed by atoms with Gasteiger partial charge in [-0.2, -0.15) is 0 Å². The molecule has 0 aromatic heterocycles. The molecule has 1 aromatic rings. The molecule has 0 bridgehead atoms. The topological polar surface area (TPSA) is 41.5 Å². The van der Waals surface area contributed by atoms with Crippen LogP contribution in [0.4, 0.5) is 0 Å². The molecule has 3 nitrogen and oxygen atoms in total. The molecule has 2 rings (SSSR count). The van der Waals surface area contributed by atoms with E-state index in [2.05, 4.69) is 25.2 Å². The van der Waals surface area contributed by atoms with Crippen LogP contribution in [0, 0.1) is 5.92 Å². The van der Waals surface area contributed by atoms with Crippen LogP contribution in [-0.2, 0) is 0 Å². The fourth-order valence-corrected chi connectivity index (χ4v) is 3.22. The number of hydrogen-bond donors (Lipinski definition) is 2. The summed E-state index contributed by atoms with van der Waals surface area (Å²) < 4.78 is 5.46. The van der Waals surface area contributed by atoms with E-state index in [1.807, 2.05) is 18.2 Å². The normalized spacial score (nSPS) is 27.3. The summed E-state index contributed by atoms with van der Waals surface area (Å²) in [7, 11) is 1.71. The van der Waals surface area contributed by atoms with Crippen molar-refractivity contribution in [1.82, 2.24) is 5.32 Å². The Morgan fingerprint density at radius 2 is 2.00 bits per heavy atom. The summed E-state index contributed by atoms with van der Waals surface area (Å²) >= 11 is 0. The third-order valence-electron chi connectivity index (χ3n) is 4.81. The quantitative estimate of drug-likeness (QED) is 0.840. The van der Waals surface area contributed by atoms with Gasteiger partial charge in [0.15, 0.2) is 0 Å². The van der Waals surface area contributed by atoms with Crippen molar-refractivity contribution in [2.45, 2.75) is 57.6 Å². The lowest BCUT2D eigenvalue weighted by molar-refractivity contribution is -0.00836. The van der Waals surface area contributed by atoms with E-state index in [9.17, 15) is 5.11 Å². The molecular formula is C18H29NO2. The molecule has 2 N–H and O–H groups in total. The molecule has 0 saturated heterocycles. The largest absolute Gasteiger partial charge is 0.496 e. The number of rotatable bonds is 6. The summed E-state index contributed by atoms with van der Waals surface area (Å²) in [6.07, 6.45) is 5.05. The van der Waals surface area contributed by atoms with Crippen LogP contribution in [-0.4, -0.2) is 24.4 Å². The van der Waals surface area contributed by atoms with Crippen LogP contribution in [0.3, 0.4) is 0 Å². The number of nitrogens with one attached hydrogen (secondary N) is 1. The SMILES string of the molecule is CCC(NCC1(O)CCC(C)CC1)c1ccccc1OC. The minimum absolute atomic E-state index is 0.226. The first kappa shape index (κ1) is 16.3. The molecule has 21 heavy (non-hydrogen) atoms. The fraction of sp³-hybridized carbons (Fsp3) is 0.667. The molecule has 1 aromatic carbocycles. The Bertz CT molecular complexity index is 439. The first-order valence-corrected chi connectivity index (χ1v) is 8.16. The minimum Gasteiger partial charge on any atom is -0.496 e. The van der Waals surface area contributed by atoms with Gasteiger partial charge >= 0.3 is 0 Å². The molecule has 0 radical (unpaired) electrons. The highest BCUT2D eigenvalue weighted by Gasteiger charge is 2.32. The van der Waals surface area contributed by atoms with Gasteiger partial charge in [-0.15, -0.1) is 0 Å². The number of hydrogen-bond acceptors (Lipinski definition) is 3. The number of methoxy groups -OCH3 is 1. The highest BCUT2D eigenvalue weighted by atomic mass is 16.5. The molecule has 1 aliphatic carbocycles. The minimum atomic E-state index is -0.540. The first-order chi connectivity index (χ1) is 10.1. The average molecular weight is 291 g/mol. The Morgan fingerprint density at radius 3 is 2.62 bits per heavy atom. The van der Waals surface area contributed by atoms with Crippen LogP contribution in [0.15, 0.2) is 24.3 Å². The maximum absolute atomic E-state index is 10.7. The lowest BCUT2D eigenvalue weighted by Crippen LogP contribution is -2.44. The molecule has 118 valence electrons. The Morgan fingerprint density at radius 1 is 1.33 bits per heavy atom. The Kier molecular flexibility index (Phi) is 5.65. The van der Waals surface area contributed by atoms with Gasteiger partial charge in [0, 0.05) is 18.2 Å². The smallest absolute Gasteiger partial charge is 0.123 e. The molecule has 0 spiro atoms. The average Bonchev–Trinajstić information content (AvgIpc) is 2.51. The second-order valence-corrected chi connectivity index (χ2v) is 6.49. The van der Waals surface area contributed by atoms with Gasteiger partial charge in [0.05, 0.1) is 12.7 Å². The first-order valence-electron chi connectivity index (χ1n) is 8.16. The predicted octanol–water partition coefficient (Wildman–Crippen LogP) is 3.68. The van der Waals surface area contributed by atoms with Crippen LogP contribution in [0.1, 0.15) is 57.6 Å². The van der Waals surface area contributed by atoms with Gasteiger partial charge in [0.25, 0.3) is 0 Å². The predicted molar refractivity (Wildman–Crippen MR) is 86.6 cm³/mol. The van der Waals surface area contributed by atoms with E-state index in [1.54, 1.807) is 7.11 Å². The number of benzene rings is 1. The lowest BCUT2D eigenvalue weighted by atomic mass is 9.79. The zero-order valence-corrected chi connectivity index (χ0v) is 13.6. The number of ether oxygens (including phenoxy) is 1. The molecule has 1 unspecified atom stereocenters. The third kappa shape index (κ3) is 4.21. The van der Waals surface area contributed by atoms with Gasteiger partial charge in [0.2, 0.25) is 0 Å². The van der Waals surface area contributed by atoms with Crippen molar-refractivity contribution in [2.75, 3.05) is 13.7 Å². The van der Waals surface area contributed by atoms with Crippen molar-refractivity contribution in [3.63, 3.8) is 0 Å². The van der Waals surface area contributed by atoms with Crippen LogP contribution < -0.4 is 10.1 Å². The van der Waals surface area contributed by atoms with Crippen molar-refractivity contribution in [3.05, 3.63) is 29.8 Å². The fourth-order valence-electron chi connectivity index (χ4n) is 3.22. The molecular weight excluding hydrogens is 262 g/mol. The molecule has 0 aliphatic heterocycles. The summed E-state index contributed by atoms with van der Waals surface area (Å²) in [4.78, 5) is 0. The maximum Gasteiger partial charge on any atom is 0.123 e. The Hall–Kier alpha value is -1.06. The van der Waals surface area contributed by atoms with Gasteiger partial charge in [-0.3, -0.25) is 0 Å². The zero-order chi connectivity index (χ0) is 15.3. The molecule has 0 heterocycles. The van der Waals surface area contributed by atoms with Gasteiger partial charge in [-0.1, -0.05) is 32.0 Å². The van der Waals surface area contributed by atoms with Gasteiger partial charge < -0.3 is 15.2 Å². The number of para-hydroxylation sites is 1. The molecule has 1 aliphatic rings. The van der Waals surface area contributed by atoms with Gasteiger partial charge in [-0.05, 0) is 44.1 Å². The monoisotopic (exact) mass is 291 g/mol. The van der Waals surface area contributed by atoms with E-state index >= 15 is 0 Å². The van der Waals surface area contributed by atoms with Crippen molar-refractivity contribution in [2.24, 2.45) is 5.92 Å². The van der Waals surface area contributed by atoms with Crippen molar-refractivity contribution in [1.29, 1.82) is 0 Å². The van der Waals surface area contributed by atoms with Gasteiger partial charge in [0.1, 0.15) is 5.75 Å². The molecule has 1 atom stereocenters. The molecule has 3 heteroatoms. The molecule has 0 amide bonds. The lowest BCUT2D eigenvalue weighted by Gasteiger charge is -2.36. The van der Waals surface area contributed by atoms with Crippen LogP contribution in [0.25, 0.3) is 0 Å².